The Labute approximate surface area is 117 Å². The molecule has 1 saturated heterocycles. The van der Waals surface area contributed by atoms with E-state index in [4.69, 9.17) is 9.84 Å². The van der Waals surface area contributed by atoms with Gasteiger partial charge in [-0.15, -0.1) is 0 Å². The van der Waals surface area contributed by atoms with E-state index in [1.165, 1.54) is 6.07 Å². The monoisotopic (exact) mass is 303 g/mol. The Balaban J connectivity index is 2.03. The van der Waals surface area contributed by atoms with Crippen LogP contribution in [-0.4, -0.2) is 32.8 Å². The van der Waals surface area contributed by atoms with Crippen molar-refractivity contribution in [2.24, 2.45) is 0 Å². The lowest BCUT2D eigenvalue weighted by Crippen LogP contribution is -2.28. The Morgan fingerprint density at radius 3 is 2.90 bits per heavy atom. The molecule has 1 fully saturated rings. The molecule has 1 atom stereocenters. The summed E-state index contributed by atoms with van der Waals surface area (Å²) in [5.74, 6) is -0.651. The minimum absolute atomic E-state index is 0.0857. The number of aliphatic hydroxyl groups is 1. The molecule has 0 aromatic heterocycles. The molecule has 1 unspecified atom stereocenters. The van der Waals surface area contributed by atoms with Crippen molar-refractivity contribution in [3.05, 3.63) is 29.6 Å². The molecule has 0 saturated carbocycles. The standard InChI is InChI=1S/C13H18FNO4S/c14-11-4-3-10(9-16)13(8-11)20(17,18)15-6-5-12-2-1-7-19-12/h3-4,8,12,15-16H,1-2,5-7,9H2. The molecule has 1 heterocycles. The van der Waals surface area contributed by atoms with Crippen LogP contribution in [-0.2, 0) is 21.4 Å². The maximum atomic E-state index is 13.2. The molecule has 0 bridgehead atoms. The van der Waals surface area contributed by atoms with Gasteiger partial charge in [-0.1, -0.05) is 6.07 Å². The number of hydrogen-bond acceptors (Lipinski definition) is 4. The SMILES string of the molecule is O=S(=O)(NCCC1CCCO1)c1cc(F)ccc1CO. The summed E-state index contributed by atoms with van der Waals surface area (Å²) in [4.78, 5) is -0.215. The number of ether oxygens (including phenoxy) is 1. The first-order chi connectivity index (χ1) is 9.53. The van der Waals surface area contributed by atoms with E-state index in [0.717, 1.165) is 31.6 Å². The first kappa shape index (κ1) is 15.4. The zero-order chi connectivity index (χ0) is 14.6. The number of rotatable bonds is 6. The summed E-state index contributed by atoms with van der Waals surface area (Å²) in [7, 11) is -3.82. The molecule has 1 aliphatic heterocycles. The third-order valence-corrected chi connectivity index (χ3v) is 4.81. The van der Waals surface area contributed by atoms with Gasteiger partial charge in [0, 0.05) is 13.2 Å². The second-order valence-corrected chi connectivity index (χ2v) is 6.47. The summed E-state index contributed by atoms with van der Waals surface area (Å²) in [6.45, 7) is 0.493. The van der Waals surface area contributed by atoms with Crippen molar-refractivity contribution in [1.29, 1.82) is 0 Å². The molecule has 2 rings (SSSR count). The summed E-state index contributed by atoms with van der Waals surface area (Å²) >= 11 is 0. The van der Waals surface area contributed by atoms with E-state index >= 15 is 0 Å². The van der Waals surface area contributed by atoms with Gasteiger partial charge in [-0.3, -0.25) is 0 Å². The van der Waals surface area contributed by atoms with E-state index in [2.05, 4.69) is 4.72 Å². The van der Waals surface area contributed by atoms with Gasteiger partial charge >= 0.3 is 0 Å². The van der Waals surface area contributed by atoms with E-state index in [9.17, 15) is 12.8 Å². The first-order valence-corrected chi connectivity index (χ1v) is 8.02. The molecule has 112 valence electrons. The average molecular weight is 303 g/mol. The summed E-state index contributed by atoms with van der Waals surface area (Å²) < 4.78 is 45.2. The minimum atomic E-state index is -3.82. The molecule has 20 heavy (non-hydrogen) atoms. The highest BCUT2D eigenvalue weighted by atomic mass is 32.2. The number of hydrogen-bond donors (Lipinski definition) is 2. The van der Waals surface area contributed by atoms with Gasteiger partial charge < -0.3 is 9.84 Å². The van der Waals surface area contributed by atoms with Crippen LogP contribution in [0.4, 0.5) is 4.39 Å². The van der Waals surface area contributed by atoms with Crippen LogP contribution < -0.4 is 4.72 Å². The summed E-state index contributed by atoms with van der Waals surface area (Å²) in [5.41, 5.74) is 0.177. The summed E-state index contributed by atoms with van der Waals surface area (Å²) in [6, 6.07) is 3.31. The van der Waals surface area contributed by atoms with Crippen LogP contribution >= 0.6 is 0 Å². The summed E-state index contributed by atoms with van der Waals surface area (Å²) in [5, 5.41) is 9.14. The molecule has 0 aliphatic carbocycles. The lowest BCUT2D eigenvalue weighted by Gasteiger charge is -2.12. The van der Waals surface area contributed by atoms with Crippen molar-refractivity contribution in [2.75, 3.05) is 13.2 Å². The Hall–Kier alpha value is -1.02. The highest BCUT2D eigenvalue weighted by Gasteiger charge is 2.20. The van der Waals surface area contributed by atoms with Crippen molar-refractivity contribution in [3.8, 4) is 0 Å². The Bertz CT molecular complexity index is 555. The van der Waals surface area contributed by atoms with E-state index in [-0.39, 0.29) is 23.1 Å². The van der Waals surface area contributed by atoms with Crippen molar-refractivity contribution >= 4 is 10.0 Å². The van der Waals surface area contributed by atoms with E-state index in [0.29, 0.717) is 6.42 Å². The van der Waals surface area contributed by atoms with Gasteiger partial charge in [0.15, 0.2) is 0 Å². The molecule has 5 nitrogen and oxygen atoms in total. The van der Waals surface area contributed by atoms with Crippen LogP contribution in [0.1, 0.15) is 24.8 Å². The van der Waals surface area contributed by atoms with Crippen molar-refractivity contribution in [1.82, 2.24) is 4.72 Å². The molecular formula is C13H18FNO4S. The molecule has 2 N–H and O–H groups in total. The number of aliphatic hydroxyl groups excluding tert-OH is 1. The third kappa shape index (κ3) is 3.76. The average Bonchev–Trinajstić information content (AvgIpc) is 2.91. The van der Waals surface area contributed by atoms with Crippen molar-refractivity contribution < 1.29 is 22.7 Å². The predicted octanol–water partition coefficient (Wildman–Crippen LogP) is 1.17. The van der Waals surface area contributed by atoms with Crippen LogP contribution in [0.25, 0.3) is 0 Å². The van der Waals surface area contributed by atoms with Gasteiger partial charge in [0.05, 0.1) is 17.6 Å². The first-order valence-electron chi connectivity index (χ1n) is 6.53. The number of halogens is 1. The normalized spacial score (nSPS) is 19.4. The zero-order valence-electron chi connectivity index (χ0n) is 11.0. The largest absolute Gasteiger partial charge is 0.392 e. The van der Waals surface area contributed by atoms with Gasteiger partial charge in [-0.2, -0.15) is 0 Å². The number of sulfonamides is 1. The molecule has 7 heteroatoms. The number of nitrogens with one attached hydrogen (secondary N) is 1. The van der Waals surface area contributed by atoms with Crippen LogP contribution in [0.3, 0.4) is 0 Å². The highest BCUT2D eigenvalue weighted by molar-refractivity contribution is 7.89. The van der Waals surface area contributed by atoms with Gasteiger partial charge in [-0.25, -0.2) is 17.5 Å². The van der Waals surface area contributed by atoms with Gasteiger partial charge in [0.25, 0.3) is 0 Å². The lowest BCUT2D eigenvalue weighted by molar-refractivity contribution is 0.105. The van der Waals surface area contributed by atoms with E-state index in [1.54, 1.807) is 0 Å². The topological polar surface area (TPSA) is 75.6 Å². The Morgan fingerprint density at radius 1 is 1.45 bits per heavy atom. The molecular weight excluding hydrogens is 285 g/mol. The third-order valence-electron chi connectivity index (χ3n) is 3.27. The molecule has 1 aromatic carbocycles. The van der Waals surface area contributed by atoms with Gasteiger partial charge in [-0.05, 0) is 37.0 Å². The second kappa shape index (κ2) is 6.62. The van der Waals surface area contributed by atoms with Crippen LogP contribution in [0.15, 0.2) is 23.1 Å². The van der Waals surface area contributed by atoms with Gasteiger partial charge in [0.2, 0.25) is 10.0 Å². The quantitative estimate of drug-likeness (QED) is 0.827. The van der Waals surface area contributed by atoms with Crippen molar-refractivity contribution in [3.63, 3.8) is 0 Å². The Morgan fingerprint density at radius 2 is 2.25 bits per heavy atom. The molecule has 0 radical (unpaired) electrons. The second-order valence-electron chi connectivity index (χ2n) is 4.73. The molecule has 1 aromatic rings. The smallest absolute Gasteiger partial charge is 0.241 e. The van der Waals surface area contributed by atoms with Crippen LogP contribution in [0.2, 0.25) is 0 Å². The molecule has 0 spiro atoms. The van der Waals surface area contributed by atoms with Crippen LogP contribution in [0, 0.1) is 5.82 Å². The highest BCUT2D eigenvalue weighted by Crippen LogP contribution is 2.18. The predicted molar refractivity (Wildman–Crippen MR) is 71.1 cm³/mol. The van der Waals surface area contributed by atoms with E-state index < -0.39 is 22.4 Å². The molecule has 0 amide bonds. The maximum absolute atomic E-state index is 13.2. The number of benzene rings is 1. The van der Waals surface area contributed by atoms with Crippen LogP contribution in [0.5, 0.6) is 0 Å². The molecule has 1 aliphatic rings. The fraction of sp³-hybridized carbons (Fsp3) is 0.538. The Kier molecular flexibility index (Phi) is 5.09. The van der Waals surface area contributed by atoms with Crippen molar-refractivity contribution in [2.45, 2.75) is 36.9 Å². The van der Waals surface area contributed by atoms with E-state index in [1.807, 2.05) is 0 Å². The lowest BCUT2D eigenvalue weighted by atomic mass is 10.2. The van der Waals surface area contributed by atoms with Gasteiger partial charge in [0.1, 0.15) is 5.82 Å². The minimum Gasteiger partial charge on any atom is -0.392 e. The maximum Gasteiger partial charge on any atom is 0.241 e. The zero-order valence-corrected chi connectivity index (χ0v) is 11.8. The summed E-state index contributed by atoms with van der Waals surface area (Å²) in [6.07, 6.45) is 2.60. The fourth-order valence-corrected chi connectivity index (χ4v) is 3.50. The fourth-order valence-electron chi connectivity index (χ4n) is 2.21.